The molecule has 1 aromatic heterocycles. The summed E-state index contributed by atoms with van der Waals surface area (Å²) in [4.78, 5) is 12.2. The van der Waals surface area contributed by atoms with Crippen LogP contribution < -0.4 is 5.73 Å². The zero-order valence-corrected chi connectivity index (χ0v) is 18.8. The monoisotopic (exact) mass is 496 g/mol. The van der Waals surface area contributed by atoms with Gasteiger partial charge in [0, 0.05) is 26.9 Å². The number of benzene rings is 4. The topological polar surface area (TPSA) is 48.0 Å². The van der Waals surface area contributed by atoms with Crippen molar-refractivity contribution < 1.29 is 22.4 Å². The zero-order valence-electron chi connectivity index (χ0n) is 18.0. The lowest BCUT2D eigenvalue weighted by Gasteiger charge is -2.16. The number of nitrogens with zero attached hydrogens (tertiary/aromatic N) is 1. The minimum absolute atomic E-state index is 0.232. The Kier molecular flexibility index (Phi) is 5.52. The predicted molar refractivity (Wildman–Crippen MR) is 129 cm³/mol. The number of carbonyl (C=O) groups is 1. The summed E-state index contributed by atoms with van der Waals surface area (Å²) in [6.07, 6.45) is -4.73. The van der Waals surface area contributed by atoms with Gasteiger partial charge in [-0.3, -0.25) is 4.79 Å². The number of alkyl halides is 3. The lowest BCUT2D eigenvalue weighted by atomic mass is 10.0. The maximum Gasteiger partial charge on any atom is 0.416 e. The summed E-state index contributed by atoms with van der Waals surface area (Å²) in [6.45, 7) is -0.395. The minimum atomic E-state index is -4.73. The predicted octanol–water partition coefficient (Wildman–Crippen LogP) is 7.42. The van der Waals surface area contributed by atoms with Crippen molar-refractivity contribution in [3.05, 3.63) is 106 Å². The third-order valence-corrected chi connectivity index (χ3v) is 6.33. The Morgan fingerprint density at radius 2 is 1.57 bits per heavy atom. The first-order valence-corrected chi connectivity index (χ1v) is 11.0. The average molecular weight is 497 g/mol. The molecule has 5 rings (SSSR count). The fraction of sp³-hybridized carbons (Fsp3) is 0.0741. The highest BCUT2D eigenvalue weighted by Crippen LogP contribution is 2.38. The number of rotatable bonds is 4. The first-order chi connectivity index (χ1) is 16.6. The Bertz CT molecular complexity index is 1600. The van der Waals surface area contributed by atoms with Crippen molar-refractivity contribution >= 4 is 39.3 Å². The number of carbonyl (C=O) groups excluding carboxylic acids is 1. The van der Waals surface area contributed by atoms with Gasteiger partial charge in [0.25, 0.3) is 0 Å². The Hall–Kier alpha value is -3.84. The number of amides is 1. The van der Waals surface area contributed by atoms with Crippen LogP contribution >= 0.6 is 11.6 Å². The van der Waals surface area contributed by atoms with Gasteiger partial charge in [-0.1, -0.05) is 48.0 Å². The second-order valence-corrected chi connectivity index (χ2v) is 8.59. The molecule has 0 saturated carbocycles. The Morgan fingerprint density at radius 1 is 0.886 bits per heavy atom. The number of halogens is 5. The van der Waals surface area contributed by atoms with Crippen LogP contribution in [0.25, 0.3) is 32.9 Å². The number of hydrogen-bond donors (Lipinski definition) is 1. The van der Waals surface area contributed by atoms with E-state index < -0.39 is 35.6 Å². The maximum atomic E-state index is 14.8. The van der Waals surface area contributed by atoms with E-state index in [0.717, 1.165) is 29.3 Å². The van der Waals surface area contributed by atoms with Crippen LogP contribution in [0.3, 0.4) is 0 Å². The molecular weight excluding hydrogens is 480 g/mol. The zero-order chi connectivity index (χ0) is 24.9. The van der Waals surface area contributed by atoms with Crippen LogP contribution in [0.5, 0.6) is 0 Å². The van der Waals surface area contributed by atoms with Gasteiger partial charge in [-0.05, 0) is 53.6 Å². The van der Waals surface area contributed by atoms with E-state index in [9.17, 15) is 22.4 Å². The molecule has 2 N–H and O–H groups in total. The van der Waals surface area contributed by atoms with Gasteiger partial charge in [-0.15, -0.1) is 0 Å². The second kappa shape index (κ2) is 8.43. The van der Waals surface area contributed by atoms with Gasteiger partial charge in [-0.2, -0.15) is 13.2 Å². The normalized spacial score (nSPS) is 11.9. The van der Waals surface area contributed by atoms with Crippen molar-refractivity contribution in [2.45, 2.75) is 12.7 Å². The fourth-order valence-corrected chi connectivity index (χ4v) is 4.61. The van der Waals surface area contributed by atoms with Gasteiger partial charge in [0.2, 0.25) is 5.91 Å². The van der Waals surface area contributed by atoms with Crippen LogP contribution in [-0.2, 0) is 12.7 Å². The van der Waals surface area contributed by atoms with Crippen molar-refractivity contribution in [2.75, 3.05) is 0 Å². The number of fused-ring (bicyclic) bond motifs is 3. The highest BCUT2D eigenvalue weighted by molar-refractivity contribution is 6.30. The highest BCUT2D eigenvalue weighted by atomic mass is 35.5. The summed E-state index contributed by atoms with van der Waals surface area (Å²) in [5.74, 6) is -1.63. The second-order valence-electron chi connectivity index (χ2n) is 8.15. The SMILES string of the molecule is NC(=O)c1cccc2c1c1ccc(-c3ccc(Cl)cc3)cc1n2Cc1c(F)cccc1C(F)(F)F. The summed E-state index contributed by atoms with van der Waals surface area (Å²) in [5.41, 5.74) is 6.93. The van der Waals surface area contributed by atoms with Crippen molar-refractivity contribution in [3.63, 3.8) is 0 Å². The van der Waals surface area contributed by atoms with Gasteiger partial charge < -0.3 is 10.3 Å². The number of primary amides is 1. The lowest BCUT2D eigenvalue weighted by molar-refractivity contribution is -0.138. The first kappa shape index (κ1) is 22.9. The molecule has 0 aliphatic carbocycles. The van der Waals surface area contributed by atoms with E-state index in [0.29, 0.717) is 26.8 Å². The number of nitrogens with two attached hydrogens (primary N) is 1. The molecule has 35 heavy (non-hydrogen) atoms. The third-order valence-electron chi connectivity index (χ3n) is 6.07. The molecule has 4 aromatic carbocycles. The summed E-state index contributed by atoms with van der Waals surface area (Å²) in [6, 6.07) is 20.3. The van der Waals surface area contributed by atoms with E-state index in [4.69, 9.17) is 17.3 Å². The molecule has 5 aromatic rings. The molecular formula is C27H17ClF4N2O. The number of hydrogen-bond acceptors (Lipinski definition) is 1. The van der Waals surface area contributed by atoms with Crippen molar-refractivity contribution in [2.24, 2.45) is 5.73 Å². The third kappa shape index (κ3) is 4.02. The van der Waals surface area contributed by atoms with Crippen LogP contribution in [-0.4, -0.2) is 10.5 Å². The molecule has 176 valence electrons. The van der Waals surface area contributed by atoms with Crippen LogP contribution in [0.2, 0.25) is 5.02 Å². The van der Waals surface area contributed by atoms with Crippen molar-refractivity contribution in [1.82, 2.24) is 4.57 Å². The Labute approximate surface area is 202 Å². The van der Waals surface area contributed by atoms with E-state index in [2.05, 4.69) is 0 Å². The quantitative estimate of drug-likeness (QED) is 0.259. The van der Waals surface area contributed by atoms with E-state index >= 15 is 0 Å². The molecule has 0 bridgehead atoms. The van der Waals surface area contributed by atoms with Crippen LogP contribution in [0.1, 0.15) is 21.5 Å². The van der Waals surface area contributed by atoms with Gasteiger partial charge in [-0.25, -0.2) is 4.39 Å². The molecule has 0 saturated heterocycles. The van der Waals surface area contributed by atoms with Crippen LogP contribution in [0.15, 0.2) is 78.9 Å². The Balaban J connectivity index is 1.82. The molecule has 0 aliphatic rings. The standard InChI is InChI=1S/C27H17ClF4N2O/c28-17-10-7-15(8-11-17)16-9-12-18-24(13-16)34(23-6-1-3-19(25(18)23)26(33)35)14-20-21(27(30,31)32)4-2-5-22(20)29/h1-13H,14H2,(H2,33,35). The van der Waals surface area contributed by atoms with Crippen molar-refractivity contribution in [3.8, 4) is 11.1 Å². The van der Waals surface area contributed by atoms with E-state index in [1.54, 1.807) is 47.0 Å². The van der Waals surface area contributed by atoms with Gasteiger partial charge in [0.15, 0.2) is 0 Å². The molecule has 1 amide bonds. The van der Waals surface area contributed by atoms with E-state index in [1.807, 2.05) is 18.2 Å². The van der Waals surface area contributed by atoms with Crippen molar-refractivity contribution in [1.29, 1.82) is 0 Å². The minimum Gasteiger partial charge on any atom is -0.366 e. The van der Waals surface area contributed by atoms with Crippen LogP contribution in [0.4, 0.5) is 17.6 Å². The van der Waals surface area contributed by atoms with E-state index in [1.165, 1.54) is 0 Å². The first-order valence-electron chi connectivity index (χ1n) is 10.6. The molecule has 0 radical (unpaired) electrons. The summed E-state index contributed by atoms with van der Waals surface area (Å²) < 4.78 is 57.5. The average Bonchev–Trinajstić information content (AvgIpc) is 3.13. The van der Waals surface area contributed by atoms with Gasteiger partial charge in [0.05, 0.1) is 23.1 Å². The molecule has 3 nitrogen and oxygen atoms in total. The largest absolute Gasteiger partial charge is 0.416 e. The molecule has 8 heteroatoms. The van der Waals surface area contributed by atoms with Crippen LogP contribution in [0, 0.1) is 5.82 Å². The maximum absolute atomic E-state index is 14.8. The Morgan fingerprint density at radius 3 is 2.26 bits per heavy atom. The number of aromatic nitrogens is 1. The van der Waals surface area contributed by atoms with E-state index in [-0.39, 0.29) is 5.56 Å². The molecule has 0 fully saturated rings. The molecule has 0 spiro atoms. The molecule has 0 aliphatic heterocycles. The summed E-state index contributed by atoms with van der Waals surface area (Å²) >= 11 is 6.00. The van der Waals surface area contributed by atoms with Gasteiger partial charge >= 0.3 is 6.18 Å². The molecule has 0 atom stereocenters. The lowest BCUT2D eigenvalue weighted by Crippen LogP contribution is -2.14. The highest BCUT2D eigenvalue weighted by Gasteiger charge is 2.34. The molecule has 0 unspecified atom stereocenters. The van der Waals surface area contributed by atoms with Gasteiger partial charge in [0.1, 0.15) is 5.82 Å². The smallest absolute Gasteiger partial charge is 0.366 e. The summed E-state index contributed by atoms with van der Waals surface area (Å²) in [5, 5.41) is 1.69. The summed E-state index contributed by atoms with van der Waals surface area (Å²) in [7, 11) is 0. The fourth-order valence-electron chi connectivity index (χ4n) is 4.48. The molecule has 1 heterocycles.